The summed E-state index contributed by atoms with van der Waals surface area (Å²) in [5.41, 5.74) is 0. The zero-order chi connectivity index (χ0) is 10.9. The minimum Gasteiger partial charge on any atom is -0.486 e. The number of benzene rings is 1. The quantitative estimate of drug-likeness (QED) is 0.480. The first-order chi connectivity index (χ1) is 7.36. The lowest BCUT2D eigenvalue weighted by molar-refractivity contribution is 0.236. The smallest absolute Gasteiger partial charge is 0.120 e. The summed E-state index contributed by atoms with van der Waals surface area (Å²) in [6.45, 7) is 7.49. The minimum absolute atomic E-state index is 0.104. The molecule has 0 aromatic heterocycles. The molecule has 0 aliphatic carbocycles. The number of hydrogen-bond acceptors (Lipinski definition) is 1. The van der Waals surface area contributed by atoms with Crippen LogP contribution in [0.15, 0.2) is 55.6 Å². The van der Waals surface area contributed by atoms with Gasteiger partial charge < -0.3 is 4.74 Å². The molecule has 1 aromatic carbocycles. The highest BCUT2D eigenvalue weighted by molar-refractivity contribution is 5.21. The van der Waals surface area contributed by atoms with Gasteiger partial charge in [-0.2, -0.15) is 0 Å². The van der Waals surface area contributed by atoms with Crippen LogP contribution in [0, 0.1) is 0 Å². The summed E-state index contributed by atoms with van der Waals surface area (Å²) >= 11 is 0. The monoisotopic (exact) mass is 202 g/mol. The topological polar surface area (TPSA) is 9.23 Å². The summed E-state index contributed by atoms with van der Waals surface area (Å²) < 4.78 is 5.76. The molecule has 1 aromatic rings. The van der Waals surface area contributed by atoms with Crippen LogP contribution in [0.2, 0.25) is 0 Å². The third kappa shape index (κ3) is 4.50. The molecule has 80 valence electrons. The maximum Gasteiger partial charge on any atom is 0.120 e. The third-order valence-electron chi connectivity index (χ3n) is 2.19. The fourth-order valence-corrected chi connectivity index (χ4v) is 1.36. The van der Waals surface area contributed by atoms with Crippen LogP contribution in [0.4, 0.5) is 0 Å². The molecule has 0 aliphatic rings. The first-order valence-electron chi connectivity index (χ1n) is 5.32. The predicted octanol–water partition coefficient (Wildman–Crippen LogP) is 3.98. The Morgan fingerprint density at radius 1 is 1.20 bits per heavy atom. The van der Waals surface area contributed by atoms with Crippen molar-refractivity contribution >= 4 is 0 Å². The second-order valence-corrected chi connectivity index (χ2v) is 3.42. The molecule has 0 heterocycles. The lowest BCUT2D eigenvalue weighted by atomic mass is 10.1. The van der Waals surface area contributed by atoms with E-state index in [9.17, 15) is 0 Å². The van der Waals surface area contributed by atoms with Gasteiger partial charge in [-0.3, -0.25) is 0 Å². The first-order valence-corrected chi connectivity index (χ1v) is 5.32. The van der Waals surface area contributed by atoms with Gasteiger partial charge in [0.2, 0.25) is 0 Å². The molecule has 1 unspecified atom stereocenters. The summed E-state index contributed by atoms with van der Waals surface area (Å²) in [7, 11) is 0. The zero-order valence-corrected chi connectivity index (χ0v) is 9.06. The van der Waals surface area contributed by atoms with Crippen LogP contribution in [-0.2, 0) is 0 Å². The molecule has 1 rings (SSSR count). The van der Waals surface area contributed by atoms with Crippen molar-refractivity contribution in [3.05, 3.63) is 55.6 Å². The van der Waals surface area contributed by atoms with E-state index in [0.29, 0.717) is 0 Å². The van der Waals surface area contributed by atoms with Gasteiger partial charge in [-0.15, -0.1) is 6.58 Å². The average molecular weight is 202 g/mol. The standard InChI is InChI=1S/C14H18O/c1-3-5-7-10-13(4-2)15-14-11-8-6-9-12-14/h3-4,6,8-9,11-13H,1-2,5,7,10H2. The van der Waals surface area contributed by atoms with E-state index < -0.39 is 0 Å². The maximum absolute atomic E-state index is 5.76. The number of hydrogen-bond donors (Lipinski definition) is 0. The van der Waals surface area contributed by atoms with Crippen molar-refractivity contribution in [1.82, 2.24) is 0 Å². The largest absolute Gasteiger partial charge is 0.486 e. The summed E-state index contributed by atoms with van der Waals surface area (Å²) in [4.78, 5) is 0. The molecule has 0 amide bonds. The van der Waals surface area contributed by atoms with Gasteiger partial charge in [0.05, 0.1) is 0 Å². The third-order valence-corrected chi connectivity index (χ3v) is 2.19. The fraction of sp³-hybridized carbons (Fsp3) is 0.286. The molecule has 0 radical (unpaired) electrons. The van der Waals surface area contributed by atoms with Gasteiger partial charge in [0.15, 0.2) is 0 Å². The van der Waals surface area contributed by atoms with Gasteiger partial charge in [0, 0.05) is 0 Å². The highest BCUT2D eigenvalue weighted by Crippen LogP contribution is 2.14. The molecular formula is C14H18O. The predicted molar refractivity (Wildman–Crippen MR) is 65.1 cm³/mol. The van der Waals surface area contributed by atoms with Crippen molar-refractivity contribution in [3.63, 3.8) is 0 Å². The molecular weight excluding hydrogens is 184 g/mol. The molecule has 0 spiro atoms. The fourth-order valence-electron chi connectivity index (χ4n) is 1.36. The Balaban J connectivity index is 2.40. The van der Waals surface area contributed by atoms with E-state index in [1.165, 1.54) is 0 Å². The maximum atomic E-state index is 5.76. The number of ether oxygens (including phenoxy) is 1. The van der Waals surface area contributed by atoms with Crippen molar-refractivity contribution < 1.29 is 4.74 Å². The SMILES string of the molecule is C=CCCCC(C=C)Oc1ccccc1. The molecule has 0 fully saturated rings. The van der Waals surface area contributed by atoms with E-state index in [2.05, 4.69) is 13.2 Å². The minimum atomic E-state index is 0.104. The van der Waals surface area contributed by atoms with Crippen LogP contribution in [0.5, 0.6) is 5.75 Å². The second-order valence-electron chi connectivity index (χ2n) is 3.42. The Kier molecular flexibility index (Phi) is 5.31. The lowest BCUT2D eigenvalue weighted by Gasteiger charge is -2.14. The van der Waals surface area contributed by atoms with Gasteiger partial charge in [-0.1, -0.05) is 36.9 Å². The normalized spacial score (nSPS) is 11.7. The zero-order valence-electron chi connectivity index (χ0n) is 9.06. The number of rotatable bonds is 7. The Bertz CT molecular complexity index is 289. The summed E-state index contributed by atoms with van der Waals surface area (Å²) in [5.74, 6) is 0.904. The summed E-state index contributed by atoms with van der Waals surface area (Å²) in [6.07, 6.45) is 7.01. The van der Waals surface area contributed by atoms with E-state index in [1.54, 1.807) is 0 Å². The second kappa shape index (κ2) is 6.88. The van der Waals surface area contributed by atoms with Crippen LogP contribution >= 0.6 is 0 Å². The van der Waals surface area contributed by atoms with Gasteiger partial charge in [0.25, 0.3) is 0 Å². The molecule has 0 saturated heterocycles. The Morgan fingerprint density at radius 3 is 2.53 bits per heavy atom. The van der Waals surface area contributed by atoms with Gasteiger partial charge in [-0.25, -0.2) is 0 Å². The molecule has 15 heavy (non-hydrogen) atoms. The molecule has 0 N–H and O–H groups in total. The molecule has 0 saturated carbocycles. The van der Waals surface area contributed by atoms with Crippen molar-refractivity contribution in [2.24, 2.45) is 0 Å². The molecule has 1 nitrogen and oxygen atoms in total. The van der Waals surface area contributed by atoms with Gasteiger partial charge in [0.1, 0.15) is 11.9 Å². The van der Waals surface area contributed by atoms with Gasteiger partial charge >= 0.3 is 0 Å². The van der Waals surface area contributed by atoms with Gasteiger partial charge in [-0.05, 0) is 31.4 Å². The summed E-state index contributed by atoms with van der Waals surface area (Å²) in [5, 5.41) is 0. The van der Waals surface area contributed by atoms with E-state index >= 15 is 0 Å². The highest BCUT2D eigenvalue weighted by Gasteiger charge is 2.04. The average Bonchev–Trinajstić information content (AvgIpc) is 2.29. The van der Waals surface area contributed by atoms with Crippen molar-refractivity contribution in [3.8, 4) is 5.75 Å². The Hall–Kier alpha value is -1.50. The molecule has 1 atom stereocenters. The van der Waals surface area contributed by atoms with Crippen molar-refractivity contribution in [2.45, 2.75) is 25.4 Å². The van der Waals surface area contributed by atoms with E-state index in [-0.39, 0.29) is 6.10 Å². The number of para-hydroxylation sites is 1. The van der Waals surface area contributed by atoms with Crippen LogP contribution in [0.3, 0.4) is 0 Å². The van der Waals surface area contributed by atoms with E-state index in [0.717, 1.165) is 25.0 Å². The Labute approximate surface area is 92.1 Å². The van der Waals surface area contributed by atoms with Crippen LogP contribution < -0.4 is 4.74 Å². The van der Waals surface area contributed by atoms with E-state index in [4.69, 9.17) is 4.74 Å². The number of allylic oxidation sites excluding steroid dienone is 1. The van der Waals surface area contributed by atoms with Crippen LogP contribution in [0.1, 0.15) is 19.3 Å². The van der Waals surface area contributed by atoms with Crippen LogP contribution in [-0.4, -0.2) is 6.10 Å². The lowest BCUT2D eigenvalue weighted by Crippen LogP contribution is -2.12. The Morgan fingerprint density at radius 2 is 1.93 bits per heavy atom. The molecule has 0 bridgehead atoms. The molecule has 0 aliphatic heterocycles. The van der Waals surface area contributed by atoms with Crippen molar-refractivity contribution in [2.75, 3.05) is 0 Å². The number of unbranched alkanes of at least 4 members (excludes halogenated alkanes) is 1. The van der Waals surface area contributed by atoms with Crippen molar-refractivity contribution in [1.29, 1.82) is 0 Å². The van der Waals surface area contributed by atoms with Crippen LogP contribution in [0.25, 0.3) is 0 Å². The first kappa shape index (κ1) is 11.6. The van der Waals surface area contributed by atoms with E-state index in [1.807, 2.05) is 42.5 Å². The summed E-state index contributed by atoms with van der Waals surface area (Å²) in [6, 6.07) is 9.85. The molecule has 1 heteroatoms. The highest BCUT2D eigenvalue weighted by atomic mass is 16.5.